The number of aromatic hydroxyl groups is 1. The van der Waals surface area contributed by atoms with E-state index in [1.807, 2.05) is 12.1 Å². The molecule has 304 valence electrons. The molecule has 0 saturated heterocycles. The number of hydrogen-bond donors (Lipinski definition) is 1. The van der Waals surface area contributed by atoms with Gasteiger partial charge in [0.05, 0.1) is 38.5 Å². The highest BCUT2D eigenvalue weighted by atomic mass is 16.3. The highest BCUT2D eigenvalue weighted by Gasteiger charge is 2.21. The van der Waals surface area contributed by atoms with Crippen molar-refractivity contribution in [1.82, 2.24) is 13.7 Å². The van der Waals surface area contributed by atoms with Crippen molar-refractivity contribution in [2.45, 2.75) is 0 Å². The van der Waals surface area contributed by atoms with Crippen molar-refractivity contribution >= 4 is 87.4 Å². The highest BCUT2D eigenvalue weighted by molar-refractivity contribution is 6.24. The molecule has 0 amide bonds. The second-order valence-corrected chi connectivity index (χ2v) is 17.0. The van der Waals surface area contributed by atoms with Crippen LogP contribution in [-0.4, -0.2) is 18.8 Å². The van der Waals surface area contributed by atoms with Crippen molar-refractivity contribution in [3.8, 4) is 45.1 Å². The molecule has 14 rings (SSSR count). The standard InChI is InChI=1S/C60H37N3O2/c64-57-31-27-41(35-49(57)39-15-11-13-37(33-39)38-14-12-16-40(34-38)61-51-22-6-1-17-43(51)44-18-2-7-23-52(44)61)63-55-26-10-5-21-48(55)59-56(63)30-29-47-50-36-42(28-32-58(50)65-60(47)59)62-53-24-8-3-19-45(53)46-20-4-9-25-54(46)62/h1-36,64H. The smallest absolute Gasteiger partial charge is 0.145 e. The van der Waals surface area contributed by atoms with Crippen LogP contribution < -0.4 is 0 Å². The van der Waals surface area contributed by atoms with Gasteiger partial charge in [-0.3, -0.25) is 0 Å². The Morgan fingerprint density at radius 1 is 0.308 bits per heavy atom. The second-order valence-electron chi connectivity index (χ2n) is 17.0. The molecular formula is C60H37N3O2. The van der Waals surface area contributed by atoms with Crippen LogP contribution in [0.25, 0.3) is 127 Å². The molecule has 0 bridgehead atoms. The predicted octanol–water partition coefficient (Wildman–Crippen LogP) is 15.9. The zero-order valence-corrected chi connectivity index (χ0v) is 35.0. The van der Waals surface area contributed by atoms with E-state index in [4.69, 9.17) is 4.42 Å². The number of fused-ring (bicyclic) bond motifs is 13. The van der Waals surface area contributed by atoms with Gasteiger partial charge in [0.25, 0.3) is 0 Å². The topological polar surface area (TPSA) is 48.2 Å². The van der Waals surface area contributed by atoms with Gasteiger partial charge in [0.15, 0.2) is 0 Å². The third-order valence-electron chi connectivity index (χ3n) is 13.5. The van der Waals surface area contributed by atoms with Crippen LogP contribution in [0.1, 0.15) is 0 Å². The summed E-state index contributed by atoms with van der Waals surface area (Å²) >= 11 is 0. The Labute approximate surface area is 372 Å². The van der Waals surface area contributed by atoms with Gasteiger partial charge in [-0.05, 0) is 114 Å². The minimum Gasteiger partial charge on any atom is -0.507 e. The minimum absolute atomic E-state index is 0.226. The molecule has 0 aliphatic carbocycles. The molecule has 10 aromatic carbocycles. The zero-order chi connectivity index (χ0) is 42.8. The lowest BCUT2D eigenvalue weighted by Crippen LogP contribution is -1.95. The summed E-state index contributed by atoms with van der Waals surface area (Å²) in [7, 11) is 0. The van der Waals surface area contributed by atoms with Gasteiger partial charge in [-0.2, -0.15) is 0 Å². The first-order valence-corrected chi connectivity index (χ1v) is 22.1. The van der Waals surface area contributed by atoms with E-state index in [2.05, 4.69) is 220 Å². The van der Waals surface area contributed by atoms with Gasteiger partial charge in [-0.1, -0.05) is 121 Å². The molecule has 0 fully saturated rings. The summed E-state index contributed by atoms with van der Waals surface area (Å²) in [5, 5.41) is 20.8. The summed E-state index contributed by atoms with van der Waals surface area (Å²) in [5.74, 6) is 0.226. The van der Waals surface area contributed by atoms with Gasteiger partial charge in [0.2, 0.25) is 0 Å². The van der Waals surface area contributed by atoms with Crippen LogP contribution in [0.15, 0.2) is 223 Å². The molecule has 0 radical (unpaired) electrons. The Hall–Kier alpha value is -8.80. The molecule has 5 heteroatoms. The summed E-state index contributed by atoms with van der Waals surface area (Å²) in [6.45, 7) is 0. The van der Waals surface area contributed by atoms with E-state index in [-0.39, 0.29) is 5.75 Å². The third kappa shape index (κ3) is 5.21. The van der Waals surface area contributed by atoms with E-state index in [0.717, 1.165) is 83.1 Å². The third-order valence-corrected chi connectivity index (χ3v) is 13.5. The van der Waals surface area contributed by atoms with Crippen molar-refractivity contribution in [2.24, 2.45) is 0 Å². The molecule has 0 aliphatic rings. The van der Waals surface area contributed by atoms with E-state index < -0.39 is 0 Å². The minimum atomic E-state index is 0.226. The molecule has 0 atom stereocenters. The number of furan rings is 1. The van der Waals surface area contributed by atoms with Crippen molar-refractivity contribution in [2.75, 3.05) is 0 Å². The van der Waals surface area contributed by atoms with Crippen LogP contribution in [0, 0.1) is 0 Å². The Balaban J connectivity index is 0.892. The van der Waals surface area contributed by atoms with Gasteiger partial charge < -0.3 is 23.2 Å². The highest BCUT2D eigenvalue weighted by Crippen LogP contribution is 2.43. The molecule has 14 aromatic rings. The average molecular weight is 832 g/mol. The first-order valence-electron chi connectivity index (χ1n) is 22.1. The lowest BCUT2D eigenvalue weighted by atomic mass is 9.97. The predicted molar refractivity (Wildman–Crippen MR) is 269 cm³/mol. The van der Waals surface area contributed by atoms with Crippen LogP contribution in [0.3, 0.4) is 0 Å². The maximum atomic E-state index is 11.5. The van der Waals surface area contributed by atoms with Gasteiger partial charge in [-0.25, -0.2) is 0 Å². The van der Waals surface area contributed by atoms with Crippen molar-refractivity contribution in [3.63, 3.8) is 0 Å². The number of nitrogens with zero attached hydrogens (tertiary/aromatic N) is 3. The fourth-order valence-corrected chi connectivity index (χ4v) is 10.7. The maximum Gasteiger partial charge on any atom is 0.145 e. The van der Waals surface area contributed by atoms with E-state index in [9.17, 15) is 5.11 Å². The Kier molecular flexibility index (Phi) is 7.48. The molecular weight excluding hydrogens is 795 g/mol. The van der Waals surface area contributed by atoms with Crippen LogP contribution in [0.2, 0.25) is 0 Å². The average Bonchev–Trinajstić information content (AvgIpc) is 4.10. The molecule has 0 saturated carbocycles. The maximum absolute atomic E-state index is 11.5. The number of para-hydroxylation sites is 5. The largest absolute Gasteiger partial charge is 0.507 e. The summed E-state index contributed by atoms with van der Waals surface area (Å²) in [6.07, 6.45) is 0. The molecule has 5 nitrogen and oxygen atoms in total. The first kappa shape index (κ1) is 35.8. The van der Waals surface area contributed by atoms with Gasteiger partial charge >= 0.3 is 0 Å². The molecule has 0 unspecified atom stereocenters. The van der Waals surface area contributed by atoms with Crippen LogP contribution in [0.5, 0.6) is 5.75 Å². The summed E-state index contributed by atoms with van der Waals surface area (Å²) in [6, 6.07) is 77.1. The summed E-state index contributed by atoms with van der Waals surface area (Å²) in [4.78, 5) is 0. The normalized spacial score (nSPS) is 12.1. The van der Waals surface area contributed by atoms with Crippen LogP contribution >= 0.6 is 0 Å². The number of phenols is 1. The zero-order valence-electron chi connectivity index (χ0n) is 35.0. The van der Waals surface area contributed by atoms with Gasteiger partial charge in [0.1, 0.15) is 16.9 Å². The lowest BCUT2D eigenvalue weighted by Gasteiger charge is -2.13. The Bertz CT molecular complexity index is 4170. The number of aromatic nitrogens is 3. The molecule has 1 N–H and O–H groups in total. The van der Waals surface area contributed by atoms with Crippen molar-refractivity contribution in [1.29, 1.82) is 0 Å². The fourth-order valence-electron chi connectivity index (χ4n) is 10.7. The molecule has 4 aromatic heterocycles. The van der Waals surface area contributed by atoms with E-state index in [1.54, 1.807) is 0 Å². The lowest BCUT2D eigenvalue weighted by molar-refractivity contribution is 0.477. The molecule has 0 spiro atoms. The van der Waals surface area contributed by atoms with Gasteiger partial charge in [-0.15, -0.1) is 0 Å². The van der Waals surface area contributed by atoms with Gasteiger partial charge in [0, 0.05) is 60.3 Å². The molecule has 65 heavy (non-hydrogen) atoms. The van der Waals surface area contributed by atoms with E-state index >= 15 is 0 Å². The van der Waals surface area contributed by atoms with E-state index in [1.165, 1.54) is 43.6 Å². The number of rotatable bonds is 5. The van der Waals surface area contributed by atoms with E-state index in [0.29, 0.717) is 0 Å². The summed E-state index contributed by atoms with van der Waals surface area (Å²) in [5.41, 5.74) is 15.5. The number of benzene rings is 10. The van der Waals surface area contributed by atoms with Crippen molar-refractivity contribution in [3.05, 3.63) is 218 Å². The monoisotopic (exact) mass is 831 g/mol. The molecule has 4 heterocycles. The fraction of sp³-hybridized carbons (Fsp3) is 0. The Morgan fingerprint density at radius 2 is 0.785 bits per heavy atom. The van der Waals surface area contributed by atoms with Crippen molar-refractivity contribution < 1.29 is 9.52 Å². The number of hydrogen-bond acceptors (Lipinski definition) is 2. The Morgan fingerprint density at radius 3 is 1.42 bits per heavy atom. The van der Waals surface area contributed by atoms with Crippen LogP contribution in [-0.2, 0) is 0 Å². The molecule has 0 aliphatic heterocycles. The second kappa shape index (κ2) is 13.6. The SMILES string of the molecule is Oc1ccc(-n2c3ccccc3c3c4oc5ccc(-n6c7ccccc7c7ccccc76)cc5c4ccc32)cc1-c1cccc(-c2cccc(-n3c4ccccc4c4ccccc43)c2)c1. The quantitative estimate of drug-likeness (QED) is 0.188. The number of phenolic OH excluding ortho intramolecular Hbond substituents is 1. The van der Waals surface area contributed by atoms with Crippen LogP contribution in [0.4, 0.5) is 0 Å². The first-order chi connectivity index (χ1) is 32.2. The summed E-state index contributed by atoms with van der Waals surface area (Å²) < 4.78 is 13.8.